The molecule has 7 N–H and O–H groups in total. The number of hydrogen-bond donors (Lipinski definition) is 6. The number of ether oxygens (including phenoxy) is 3. The van der Waals surface area contributed by atoms with Crippen LogP contribution in [0.15, 0.2) is 60.7 Å². The molecule has 0 saturated carbocycles. The molecule has 2 unspecified atom stereocenters. The molecule has 16 nitrogen and oxygen atoms in total. The van der Waals surface area contributed by atoms with Crippen LogP contribution in [0.25, 0.3) is 0 Å². The lowest BCUT2D eigenvalue weighted by Gasteiger charge is -2.28. The van der Waals surface area contributed by atoms with Crippen LogP contribution in [0.2, 0.25) is 0 Å². The Morgan fingerprint density at radius 1 is 0.724 bits per heavy atom. The van der Waals surface area contributed by atoms with Crippen LogP contribution in [0.1, 0.15) is 64.2 Å². The van der Waals surface area contributed by atoms with Crippen molar-refractivity contribution >= 4 is 43.1 Å². The normalized spacial score (nSPS) is 17.7. The zero-order valence-corrected chi connectivity index (χ0v) is 35.0. The van der Waals surface area contributed by atoms with Crippen molar-refractivity contribution in [1.29, 1.82) is 0 Å². The number of amides is 5. The van der Waals surface area contributed by atoms with Crippen molar-refractivity contribution in [1.82, 2.24) is 26.6 Å². The fourth-order valence-electron chi connectivity index (χ4n) is 6.30. The third-order valence-corrected chi connectivity index (χ3v) is 12.9. The van der Waals surface area contributed by atoms with Crippen LogP contribution in [0.4, 0.5) is 4.79 Å². The highest BCUT2D eigenvalue weighted by Gasteiger charge is 2.43. The van der Waals surface area contributed by atoms with Crippen molar-refractivity contribution < 1.29 is 47.0 Å². The largest absolute Gasteiger partial charge is 0.452 e. The second-order valence-electron chi connectivity index (χ2n) is 14.0. The summed E-state index contributed by atoms with van der Waals surface area (Å²) in [7, 11) is -4.00. The van der Waals surface area contributed by atoms with Gasteiger partial charge >= 0.3 is 13.6 Å². The molecule has 0 radical (unpaired) electrons. The van der Waals surface area contributed by atoms with E-state index in [4.69, 9.17) is 29.0 Å². The molecule has 5 amide bonds. The third-order valence-electron chi connectivity index (χ3n) is 9.32. The Balaban J connectivity index is 0.957. The average Bonchev–Trinajstić information content (AvgIpc) is 3.78. The summed E-state index contributed by atoms with van der Waals surface area (Å²) in [5, 5.41) is 14.9. The number of rotatable bonds is 31. The van der Waals surface area contributed by atoms with E-state index in [-0.39, 0.29) is 49.2 Å². The number of thioether (sulfide) groups is 1. The number of fused-ring (bicyclic) bond motifs is 1. The molecule has 2 aliphatic rings. The van der Waals surface area contributed by atoms with Crippen molar-refractivity contribution in [3.63, 3.8) is 0 Å². The molecular formula is C40H61N6O10PS. The number of carbonyl (C=O) groups excluding carboxylic acids is 4. The van der Waals surface area contributed by atoms with E-state index in [0.717, 1.165) is 31.4 Å². The molecule has 2 aromatic carbocycles. The second-order valence-corrected chi connectivity index (χ2v) is 17.3. The van der Waals surface area contributed by atoms with E-state index in [0.29, 0.717) is 95.3 Å². The highest BCUT2D eigenvalue weighted by molar-refractivity contribution is 8.00. The first-order chi connectivity index (χ1) is 28.3. The molecule has 18 heteroatoms. The summed E-state index contributed by atoms with van der Waals surface area (Å²) in [6.07, 6.45) is 5.17. The predicted octanol–water partition coefficient (Wildman–Crippen LogP) is 4.09. The van der Waals surface area contributed by atoms with Crippen LogP contribution in [0, 0.1) is 0 Å². The molecular weight excluding hydrogens is 788 g/mol. The molecule has 2 fully saturated rings. The first kappa shape index (κ1) is 46.8. The smallest absolute Gasteiger partial charge is 0.415 e. The number of nitrogens with one attached hydrogen (secondary N) is 5. The monoisotopic (exact) mass is 848 g/mol. The van der Waals surface area contributed by atoms with Crippen molar-refractivity contribution in [2.75, 3.05) is 65.0 Å². The van der Waals surface area contributed by atoms with Gasteiger partial charge in [-0.1, -0.05) is 42.8 Å². The average molecular weight is 849 g/mol. The zero-order valence-electron chi connectivity index (χ0n) is 33.2. The van der Waals surface area contributed by atoms with E-state index < -0.39 is 19.3 Å². The van der Waals surface area contributed by atoms with E-state index in [9.17, 15) is 23.7 Å². The molecule has 4 atom stereocenters. The molecule has 0 aromatic heterocycles. The van der Waals surface area contributed by atoms with Crippen LogP contribution in [-0.4, -0.2) is 112 Å². The van der Waals surface area contributed by atoms with Crippen molar-refractivity contribution in [3.8, 4) is 11.5 Å². The Morgan fingerprint density at radius 2 is 1.28 bits per heavy atom. The van der Waals surface area contributed by atoms with E-state index in [1.54, 1.807) is 60.7 Å². The van der Waals surface area contributed by atoms with Crippen LogP contribution in [0.3, 0.4) is 0 Å². The van der Waals surface area contributed by atoms with Gasteiger partial charge in [0, 0.05) is 56.6 Å². The number of benzene rings is 2. The van der Waals surface area contributed by atoms with Crippen molar-refractivity contribution in [2.24, 2.45) is 5.73 Å². The molecule has 0 spiro atoms. The summed E-state index contributed by atoms with van der Waals surface area (Å²) in [6.45, 7) is 3.95. The third kappa shape index (κ3) is 18.0. The van der Waals surface area contributed by atoms with Crippen LogP contribution < -0.4 is 41.4 Å². The van der Waals surface area contributed by atoms with Gasteiger partial charge in [0.15, 0.2) is 5.78 Å². The Bertz CT molecular complexity index is 1520. The van der Waals surface area contributed by atoms with Gasteiger partial charge < -0.3 is 55.6 Å². The maximum absolute atomic E-state index is 14.3. The summed E-state index contributed by atoms with van der Waals surface area (Å²) in [4.78, 5) is 49.0. The van der Waals surface area contributed by atoms with E-state index in [2.05, 4.69) is 26.6 Å². The minimum absolute atomic E-state index is 0.0480. The minimum atomic E-state index is -4.00. The van der Waals surface area contributed by atoms with Crippen molar-refractivity contribution in [3.05, 3.63) is 60.7 Å². The minimum Gasteiger partial charge on any atom is -0.415 e. The number of para-hydroxylation sites is 2. The Morgan fingerprint density at radius 3 is 1.86 bits per heavy atom. The SMILES string of the molecule is NCCCC(NC(=O)CCC(=O)NCCCOCCOCCOCCCNC(=O)CCCCC1SC[C@@H]2NC(=O)N[C@H]12)P(=O)(Oc1ccccc1)Oc1ccccc1. The number of urea groups is 1. The van der Waals surface area contributed by atoms with Gasteiger partial charge in [-0.25, -0.2) is 9.36 Å². The van der Waals surface area contributed by atoms with Gasteiger partial charge in [0.25, 0.3) is 0 Å². The predicted molar refractivity (Wildman–Crippen MR) is 223 cm³/mol. The topological polar surface area (TPSA) is 218 Å². The second kappa shape index (κ2) is 27.0. The zero-order chi connectivity index (χ0) is 41.3. The first-order valence-corrected chi connectivity index (χ1v) is 23.0. The molecule has 322 valence electrons. The van der Waals surface area contributed by atoms with Crippen molar-refractivity contribution in [2.45, 2.75) is 87.3 Å². The van der Waals surface area contributed by atoms with E-state index in [1.807, 2.05) is 11.8 Å². The van der Waals surface area contributed by atoms with Gasteiger partial charge in [-0.3, -0.25) is 14.4 Å². The summed E-state index contributed by atoms with van der Waals surface area (Å²) in [5.41, 5.74) is 5.75. The number of unbranched alkanes of at least 4 members (excludes halogenated alkanes) is 1. The fourth-order valence-corrected chi connectivity index (χ4v) is 9.77. The quantitative estimate of drug-likeness (QED) is 0.0360. The maximum atomic E-state index is 14.3. The molecule has 58 heavy (non-hydrogen) atoms. The number of hydrogen-bond acceptors (Lipinski definition) is 12. The first-order valence-electron chi connectivity index (χ1n) is 20.3. The summed E-state index contributed by atoms with van der Waals surface area (Å²) < 4.78 is 42.8. The van der Waals surface area contributed by atoms with Gasteiger partial charge in [-0.15, -0.1) is 0 Å². The summed E-state index contributed by atoms with van der Waals surface area (Å²) in [5.74, 6) is -0.0740. The standard InChI is InChI=1S/C40H61N6O10PS/c41-21-9-18-38(57(51,55-31-12-3-1-4-13-31)56-32-14-5-2-6-15-32)45-37(49)20-19-36(48)43-23-11-25-53-27-29-54-28-26-52-24-10-22-42-35(47)17-8-7-16-34-39-33(30-58-34)44-40(50)46-39/h1-6,12-15,33-34,38-39H,7-11,16-30,41H2,(H,42,47)(H,43,48)(H,45,49)(H2,44,46,50)/t33-,34?,38?,39-/m0/s1. The molecule has 0 bridgehead atoms. The molecule has 2 heterocycles. The number of carbonyl (C=O) groups is 4. The molecule has 2 aromatic rings. The Labute approximate surface area is 346 Å². The van der Waals surface area contributed by atoms with Crippen LogP contribution >= 0.6 is 19.4 Å². The highest BCUT2D eigenvalue weighted by Crippen LogP contribution is 2.53. The molecule has 0 aliphatic carbocycles. The van der Waals surface area contributed by atoms with E-state index in [1.165, 1.54) is 0 Å². The Hall–Kier alpha value is -3.86. The fraction of sp³-hybridized carbons (Fsp3) is 0.600. The number of nitrogens with two attached hydrogens (primary N) is 1. The molecule has 4 rings (SSSR count). The highest BCUT2D eigenvalue weighted by atomic mass is 32.2. The van der Waals surface area contributed by atoms with Gasteiger partial charge in [-0.2, -0.15) is 11.8 Å². The lowest BCUT2D eigenvalue weighted by Crippen LogP contribution is -2.38. The molecule has 2 saturated heterocycles. The van der Waals surface area contributed by atoms with Gasteiger partial charge in [-0.05, 0) is 69.3 Å². The Kier molecular flexibility index (Phi) is 21.8. The summed E-state index contributed by atoms with van der Waals surface area (Å²) >= 11 is 1.89. The van der Waals surface area contributed by atoms with Crippen LogP contribution in [0.5, 0.6) is 11.5 Å². The maximum Gasteiger partial charge on any atom is 0.452 e. The van der Waals surface area contributed by atoms with Gasteiger partial charge in [0.05, 0.1) is 38.5 Å². The van der Waals surface area contributed by atoms with Gasteiger partial charge in [0.2, 0.25) is 17.7 Å². The molecule has 2 aliphatic heterocycles. The van der Waals surface area contributed by atoms with E-state index >= 15 is 0 Å². The lowest BCUT2D eigenvalue weighted by molar-refractivity contribution is -0.126. The van der Waals surface area contributed by atoms with Crippen LogP contribution in [-0.2, 0) is 33.2 Å². The summed E-state index contributed by atoms with van der Waals surface area (Å²) in [6, 6.07) is 17.6. The lowest BCUT2D eigenvalue weighted by atomic mass is 10.0. The van der Waals surface area contributed by atoms with Gasteiger partial charge in [0.1, 0.15) is 11.5 Å².